The van der Waals surface area contributed by atoms with E-state index in [1.54, 1.807) is 0 Å². The number of nitrogens with one attached hydrogen (secondary N) is 1. The summed E-state index contributed by atoms with van der Waals surface area (Å²) < 4.78 is 2.46. The molecule has 88 valence electrons. The van der Waals surface area contributed by atoms with Crippen molar-refractivity contribution in [2.75, 3.05) is 6.54 Å². The van der Waals surface area contributed by atoms with E-state index in [1.807, 2.05) is 0 Å². The van der Waals surface area contributed by atoms with E-state index in [-0.39, 0.29) is 0 Å². The fourth-order valence-corrected chi connectivity index (χ4v) is 2.75. The van der Waals surface area contributed by atoms with E-state index in [0.29, 0.717) is 0 Å². The Morgan fingerprint density at radius 3 is 3.12 bits per heavy atom. The predicted molar refractivity (Wildman–Crippen MR) is 64.3 cm³/mol. The quantitative estimate of drug-likeness (QED) is 0.839. The summed E-state index contributed by atoms with van der Waals surface area (Å²) in [5.74, 6) is 2.27. The van der Waals surface area contributed by atoms with Crippen LogP contribution < -0.4 is 5.32 Å². The van der Waals surface area contributed by atoms with E-state index in [0.717, 1.165) is 25.4 Å². The smallest absolute Gasteiger partial charge is 0.106 e. The molecule has 1 aliphatic heterocycles. The Kier molecular flexibility index (Phi) is 2.72. The van der Waals surface area contributed by atoms with Crippen LogP contribution in [-0.2, 0) is 19.5 Å². The monoisotopic (exact) mass is 219 g/mol. The van der Waals surface area contributed by atoms with Crippen LogP contribution in [0.15, 0.2) is 0 Å². The highest BCUT2D eigenvalue weighted by Crippen LogP contribution is 2.33. The van der Waals surface area contributed by atoms with Gasteiger partial charge in [0.05, 0.1) is 5.69 Å². The van der Waals surface area contributed by atoms with Gasteiger partial charge in [-0.25, -0.2) is 4.98 Å². The molecule has 3 nitrogen and oxygen atoms in total. The number of nitrogens with zero attached hydrogens (tertiary/aromatic N) is 2. The van der Waals surface area contributed by atoms with Gasteiger partial charge in [0.2, 0.25) is 0 Å². The lowest BCUT2D eigenvalue weighted by atomic mass is 10.1. The molecule has 2 heterocycles. The van der Waals surface area contributed by atoms with Crippen molar-refractivity contribution in [1.29, 1.82) is 0 Å². The number of rotatable bonds is 4. The molecule has 0 radical (unpaired) electrons. The van der Waals surface area contributed by atoms with Gasteiger partial charge in [-0.2, -0.15) is 0 Å². The van der Waals surface area contributed by atoms with Crippen LogP contribution in [0.3, 0.4) is 0 Å². The second-order valence-corrected chi connectivity index (χ2v) is 5.22. The molecule has 1 aliphatic carbocycles. The average molecular weight is 219 g/mol. The molecule has 0 unspecified atom stereocenters. The maximum Gasteiger partial charge on any atom is 0.106 e. The molecular weight excluding hydrogens is 198 g/mol. The zero-order valence-corrected chi connectivity index (χ0v) is 10.1. The minimum Gasteiger partial charge on any atom is -0.332 e. The summed E-state index contributed by atoms with van der Waals surface area (Å²) in [7, 11) is 0. The van der Waals surface area contributed by atoms with Gasteiger partial charge in [0.15, 0.2) is 0 Å². The summed E-state index contributed by atoms with van der Waals surface area (Å²) in [5.41, 5.74) is 2.78. The highest BCUT2D eigenvalue weighted by Gasteiger charge is 2.21. The minimum absolute atomic E-state index is 0.964. The van der Waals surface area contributed by atoms with Crippen molar-refractivity contribution in [3.8, 4) is 0 Å². The highest BCUT2D eigenvalue weighted by molar-refractivity contribution is 5.19. The fraction of sp³-hybridized carbons (Fsp3) is 0.769. The van der Waals surface area contributed by atoms with Gasteiger partial charge in [-0.1, -0.05) is 12.8 Å². The summed E-state index contributed by atoms with van der Waals surface area (Å²) in [6.45, 7) is 5.41. The predicted octanol–water partition coefficient (Wildman–Crippen LogP) is 2.03. The number of fused-ring (bicyclic) bond motifs is 1. The topological polar surface area (TPSA) is 29.9 Å². The first-order valence-electron chi connectivity index (χ1n) is 6.60. The Balaban J connectivity index is 1.69. The van der Waals surface area contributed by atoms with Crippen LogP contribution in [0.2, 0.25) is 0 Å². The Labute approximate surface area is 97.3 Å². The highest BCUT2D eigenvalue weighted by atomic mass is 15.1. The summed E-state index contributed by atoms with van der Waals surface area (Å²) >= 11 is 0. The maximum atomic E-state index is 4.67. The van der Waals surface area contributed by atoms with E-state index >= 15 is 0 Å². The van der Waals surface area contributed by atoms with Gasteiger partial charge in [0, 0.05) is 31.7 Å². The molecule has 16 heavy (non-hydrogen) atoms. The Bertz CT molecular complexity index is 377. The summed E-state index contributed by atoms with van der Waals surface area (Å²) in [6.07, 6.45) is 6.86. The average Bonchev–Trinajstić information content (AvgIpc) is 3.04. The van der Waals surface area contributed by atoms with Crippen molar-refractivity contribution in [2.24, 2.45) is 5.92 Å². The molecule has 0 bridgehead atoms. The Morgan fingerprint density at radius 2 is 2.31 bits per heavy atom. The van der Waals surface area contributed by atoms with Gasteiger partial charge in [0.25, 0.3) is 0 Å². The first-order valence-corrected chi connectivity index (χ1v) is 6.60. The van der Waals surface area contributed by atoms with Gasteiger partial charge in [0.1, 0.15) is 5.82 Å². The van der Waals surface area contributed by atoms with E-state index in [1.165, 1.54) is 49.4 Å². The number of aryl methyl sites for hydroxylation is 1. The largest absolute Gasteiger partial charge is 0.332 e. The molecule has 0 saturated heterocycles. The van der Waals surface area contributed by atoms with Gasteiger partial charge in [-0.15, -0.1) is 0 Å². The summed E-state index contributed by atoms with van der Waals surface area (Å²) in [5, 5.41) is 3.39. The summed E-state index contributed by atoms with van der Waals surface area (Å²) in [6, 6.07) is 0. The molecule has 1 saturated carbocycles. The molecule has 0 amide bonds. The van der Waals surface area contributed by atoms with Crippen LogP contribution in [0, 0.1) is 12.8 Å². The standard InChI is InChI=1S/C13H21N3/c1-10-15-12-9-14-7-6-13(12)16(10)8-2-3-11-4-5-11/h11,14H,2-9H2,1H3. The molecule has 0 spiro atoms. The molecule has 1 fully saturated rings. The second kappa shape index (κ2) is 4.21. The van der Waals surface area contributed by atoms with Crippen molar-refractivity contribution in [3.05, 3.63) is 17.2 Å². The normalized spacial score (nSPS) is 19.8. The molecule has 0 atom stereocenters. The van der Waals surface area contributed by atoms with E-state index in [9.17, 15) is 0 Å². The van der Waals surface area contributed by atoms with Crippen LogP contribution in [0.25, 0.3) is 0 Å². The Morgan fingerprint density at radius 1 is 1.44 bits per heavy atom. The lowest BCUT2D eigenvalue weighted by Gasteiger charge is -2.15. The Hall–Kier alpha value is -0.830. The number of aromatic nitrogens is 2. The first kappa shape index (κ1) is 10.3. The zero-order chi connectivity index (χ0) is 11.0. The van der Waals surface area contributed by atoms with Gasteiger partial charge < -0.3 is 9.88 Å². The lowest BCUT2D eigenvalue weighted by molar-refractivity contribution is 0.536. The van der Waals surface area contributed by atoms with Crippen LogP contribution in [0.1, 0.15) is 42.9 Å². The fourth-order valence-electron chi connectivity index (χ4n) is 2.75. The third kappa shape index (κ3) is 2.01. The molecular formula is C13H21N3. The molecule has 3 heteroatoms. The second-order valence-electron chi connectivity index (χ2n) is 5.22. The van der Waals surface area contributed by atoms with Crippen molar-refractivity contribution >= 4 is 0 Å². The molecule has 1 aromatic heterocycles. The molecule has 1 N–H and O–H groups in total. The van der Waals surface area contributed by atoms with Crippen LogP contribution in [-0.4, -0.2) is 16.1 Å². The zero-order valence-electron chi connectivity index (χ0n) is 10.1. The third-order valence-corrected chi connectivity index (χ3v) is 3.87. The van der Waals surface area contributed by atoms with E-state index in [4.69, 9.17) is 0 Å². The molecule has 0 aromatic carbocycles. The lowest BCUT2D eigenvalue weighted by Crippen LogP contribution is -2.25. The van der Waals surface area contributed by atoms with Gasteiger partial charge in [-0.3, -0.25) is 0 Å². The van der Waals surface area contributed by atoms with Crippen molar-refractivity contribution in [3.63, 3.8) is 0 Å². The summed E-state index contributed by atoms with van der Waals surface area (Å²) in [4.78, 5) is 4.67. The number of hydrogen-bond acceptors (Lipinski definition) is 2. The minimum atomic E-state index is 0.964. The van der Waals surface area contributed by atoms with Crippen LogP contribution in [0.4, 0.5) is 0 Å². The molecule has 2 aliphatic rings. The molecule has 3 rings (SSSR count). The van der Waals surface area contributed by atoms with Gasteiger partial charge in [-0.05, 0) is 25.7 Å². The number of imidazole rings is 1. The maximum absolute atomic E-state index is 4.67. The van der Waals surface area contributed by atoms with Crippen LogP contribution in [0.5, 0.6) is 0 Å². The number of hydrogen-bond donors (Lipinski definition) is 1. The van der Waals surface area contributed by atoms with Crippen LogP contribution >= 0.6 is 0 Å². The first-order chi connectivity index (χ1) is 7.84. The SMILES string of the molecule is Cc1nc2c(n1CCCC1CC1)CCNC2. The van der Waals surface area contributed by atoms with Crippen molar-refractivity contribution in [2.45, 2.75) is 52.1 Å². The third-order valence-electron chi connectivity index (χ3n) is 3.87. The van der Waals surface area contributed by atoms with Gasteiger partial charge >= 0.3 is 0 Å². The van der Waals surface area contributed by atoms with E-state index < -0.39 is 0 Å². The molecule has 1 aromatic rings. The van der Waals surface area contributed by atoms with Crippen molar-refractivity contribution in [1.82, 2.24) is 14.9 Å². The van der Waals surface area contributed by atoms with Crippen molar-refractivity contribution < 1.29 is 0 Å². The van der Waals surface area contributed by atoms with E-state index in [2.05, 4.69) is 21.8 Å².